The van der Waals surface area contributed by atoms with Gasteiger partial charge < -0.3 is 10.6 Å². The van der Waals surface area contributed by atoms with Gasteiger partial charge in [0.25, 0.3) is 0 Å². The molecule has 0 unspecified atom stereocenters. The molecule has 0 heterocycles. The molecule has 3 nitrogen and oxygen atoms in total. The topological polar surface area (TPSA) is 41.1 Å². The van der Waals surface area contributed by atoms with E-state index in [4.69, 9.17) is 11.6 Å². The van der Waals surface area contributed by atoms with Crippen molar-refractivity contribution in [2.24, 2.45) is 0 Å². The summed E-state index contributed by atoms with van der Waals surface area (Å²) < 4.78 is 37.7. The van der Waals surface area contributed by atoms with Crippen molar-refractivity contribution in [2.75, 3.05) is 17.2 Å². The molecule has 22 heavy (non-hydrogen) atoms. The minimum atomic E-state index is -4.44. The Hall–Kier alpha value is -2.21. The van der Waals surface area contributed by atoms with Crippen LogP contribution in [0.25, 0.3) is 0 Å². The molecular formula is C15H12ClF3N2O. The van der Waals surface area contributed by atoms with Crippen LogP contribution in [-0.2, 0) is 11.0 Å². The molecule has 2 aromatic rings. The lowest BCUT2D eigenvalue weighted by Crippen LogP contribution is -2.22. The van der Waals surface area contributed by atoms with E-state index in [9.17, 15) is 18.0 Å². The van der Waals surface area contributed by atoms with Gasteiger partial charge >= 0.3 is 6.18 Å². The van der Waals surface area contributed by atoms with Crippen molar-refractivity contribution < 1.29 is 18.0 Å². The van der Waals surface area contributed by atoms with E-state index in [2.05, 4.69) is 10.6 Å². The average Bonchev–Trinajstić information content (AvgIpc) is 2.45. The van der Waals surface area contributed by atoms with Crippen LogP contribution in [0.1, 0.15) is 5.56 Å². The minimum absolute atomic E-state index is 0.0867. The maximum atomic E-state index is 12.6. The summed E-state index contributed by atoms with van der Waals surface area (Å²) in [6.07, 6.45) is -4.44. The third-order valence-electron chi connectivity index (χ3n) is 2.75. The van der Waals surface area contributed by atoms with E-state index < -0.39 is 17.6 Å². The summed E-state index contributed by atoms with van der Waals surface area (Å²) in [6, 6.07) is 11.2. The first kappa shape index (κ1) is 16.2. The first-order valence-corrected chi connectivity index (χ1v) is 6.69. The van der Waals surface area contributed by atoms with Crippen molar-refractivity contribution >= 4 is 28.9 Å². The van der Waals surface area contributed by atoms with E-state index in [1.165, 1.54) is 12.1 Å². The Kier molecular flexibility index (Phi) is 4.92. The van der Waals surface area contributed by atoms with Crippen LogP contribution in [0.2, 0.25) is 5.02 Å². The number of carbonyl (C=O) groups excluding carboxylic acids is 1. The van der Waals surface area contributed by atoms with E-state index in [0.717, 1.165) is 12.1 Å². The van der Waals surface area contributed by atoms with Crippen LogP contribution in [0, 0.1) is 0 Å². The van der Waals surface area contributed by atoms with Crippen LogP contribution >= 0.6 is 11.6 Å². The molecule has 7 heteroatoms. The second-order valence-corrected chi connectivity index (χ2v) is 4.93. The van der Waals surface area contributed by atoms with Crippen molar-refractivity contribution in [3.05, 3.63) is 59.1 Å². The Balaban J connectivity index is 1.95. The number of hydrogen-bond donors (Lipinski definition) is 2. The first-order chi connectivity index (χ1) is 10.3. The zero-order chi connectivity index (χ0) is 16.2. The van der Waals surface area contributed by atoms with Gasteiger partial charge in [-0.1, -0.05) is 23.7 Å². The third-order valence-corrected chi connectivity index (χ3v) is 2.99. The molecule has 0 saturated carbocycles. The van der Waals surface area contributed by atoms with Gasteiger partial charge in [0.2, 0.25) is 5.91 Å². The predicted octanol–water partition coefficient (Wildman–Crippen LogP) is 4.41. The largest absolute Gasteiger partial charge is 0.416 e. The summed E-state index contributed by atoms with van der Waals surface area (Å²) in [5.41, 5.74) is -0.0764. The SMILES string of the molecule is O=C(CNc1cccc(Cl)c1)Nc1cccc(C(F)(F)F)c1. The van der Waals surface area contributed by atoms with Gasteiger partial charge in [0.05, 0.1) is 12.1 Å². The highest BCUT2D eigenvalue weighted by Crippen LogP contribution is 2.30. The fraction of sp³-hybridized carbons (Fsp3) is 0.133. The molecule has 0 bridgehead atoms. The lowest BCUT2D eigenvalue weighted by molar-refractivity contribution is -0.137. The second-order valence-electron chi connectivity index (χ2n) is 4.49. The normalized spacial score (nSPS) is 11.1. The van der Waals surface area contributed by atoms with E-state index in [1.807, 2.05) is 0 Å². The molecule has 0 aliphatic carbocycles. The zero-order valence-corrected chi connectivity index (χ0v) is 12.0. The van der Waals surface area contributed by atoms with E-state index in [1.54, 1.807) is 24.3 Å². The second kappa shape index (κ2) is 6.70. The van der Waals surface area contributed by atoms with Crippen LogP contribution in [0.3, 0.4) is 0 Å². The van der Waals surface area contributed by atoms with Crippen molar-refractivity contribution in [1.82, 2.24) is 0 Å². The van der Waals surface area contributed by atoms with Crippen molar-refractivity contribution in [2.45, 2.75) is 6.18 Å². The van der Waals surface area contributed by atoms with Crippen LogP contribution in [0.5, 0.6) is 0 Å². The van der Waals surface area contributed by atoms with E-state index >= 15 is 0 Å². The zero-order valence-electron chi connectivity index (χ0n) is 11.2. The smallest absolute Gasteiger partial charge is 0.376 e. The average molecular weight is 329 g/mol. The molecule has 0 fully saturated rings. The molecule has 0 spiro atoms. The molecule has 116 valence electrons. The van der Waals surface area contributed by atoms with Crippen molar-refractivity contribution in [3.63, 3.8) is 0 Å². The summed E-state index contributed by atoms with van der Waals surface area (Å²) in [7, 11) is 0. The molecule has 2 rings (SSSR count). The summed E-state index contributed by atoms with van der Waals surface area (Å²) in [6.45, 7) is -0.0867. The Morgan fingerprint density at radius 1 is 1.05 bits per heavy atom. The van der Waals surface area contributed by atoms with Gasteiger partial charge in [0.1, 0.15) is 0 Å². The highest BCUT2D eigenvalue weighted by molar-refractivity contribution is 6.30. The molecule has 2 aromatic carbocycles. The molecular weight excluding hydrogens is 317 g/mol. The van der Waals surface area contributed by atoms with Crippen LogP contribution < -0.4 is 10.6 Å². The van der Waals surface area contributed by atoms with Gasteiger partial charge in [-0.25, -0.2) is 0 Å². The molecule has 0 saturated heterocycles. The lowest BCUT2D eigenvalue weighted by Gasteiger charge is -2.11. The minimum Gasteiger partial charge on any atom is -0.376 e. The van der Waals surface area contributed by atoms with Gasteiger partial charge in [0, 0.05) is 16.4 Å². The molecule has 0 aromatic heterocycles. The summed E-state index contributed by atoms with van der Waals surface area (Å²) >= 11 is 5.80. The third kappa shape index (κ3) is 4.66. The first-order valence-electron chi connectivity index (χ1n) is 6.31. The molecule has 0 aliphatic rings. The maximum Gasteiger partial charge on any atom is 0.416 e. The molecule has 1 amide bonds. The highest BCUT2D eigenvalue weighted by atomic mass is 35.5. The van der Waals surface area contributed by atoms with Gasteiger partial charge in [0.15, 0.2) is 0 Å². The lowest BCUT2D eigenvalue weighted by atomic mass is 10.2. The summed E-state index contributed by atoms with van der Waals surface area (Å²) in [5.74, 6) is -0.459. The number of anilines is 2. The number of carbonyl (C=O) groups is 1. The maximum absolute atomic E-state index is 12.6. The Morgan fingerprint density at radius 2 is 1.73 bits per heavy atom. The Labute approximate surface area is 130 Å². The van der Waals surface area contributed by atoms with Crippen LogP contribution in [-0.4, -0.2) is 12.5 Å². The van der Waals surface area contributed by atoms with Gasteiger partial charge in [-0.15, -0.1) is 0 Å². The molecule has 0 atom stereocenters. The molecule has 2 N–H and O–H groups in total. The summed E-state index contributed by atoms with van der Waals surface area (Å²) in [5, 5.41) is 5.75. The molecule has 0 radical (unpaired) electrons. The Morgan fingerprint density at radius 3 is 2.41 bits per heavy atom. The fourth-order valence-electron chi connectivity index (χ4n) is 1.76. The fourth-order valence-corrected chi connectivity index (χ4v) is 1.95. The van der Waals surface area contributed by atoms with Crippen molar-refractivity contribution in [1.29, 1.82) is 0 Å². The quantitative estimate of drug-likeness (QED) is 0.873. The van der Waals surface area contributed by atoms with Gasteiger partial charge in [-0.3, -0.25) is 4.79 Å². The van der Waals surface area contributed by atoms with Gasteiger partial charge in [-0.2, -0.15) is 13.2 Å². The monoisotopic (exact) mass is 328 g/mol. The summed E-state index contributed by atoms with van der Waals surface area (Å²) in [4.78, 5) is 11.7. The number of nitrogens with one attached hydrogen (secondary N) is 2. The number of benzene rings is 2. The Bertz CT molecular complexity index is 674. The van der Waals surface area contributed by atoms with Gasteiger partial charge in [-0.05, 0) is 36.4 Å². The van der Waals surface area contributed by atoms with Crippen LogP contribution in [0.4, 0.5) is 24.5 Å². The standard InChI is InChI=1S/C15H12ClF3N2O/c16-11-4-2-5-12(8-11)20-9-14(22)21-13-6-1-3-10(7-13)15(17,18)19/h1-8,20H,9H2,(H,21,22). The highest BCUT2D eigenvalue weighted by Gasteiger charge is 2.30. The van der Waals surface area contributed by atoms with Crippen molar-refractivity contribution in [3.8, 4) is 0 Å². The number of rotatable bonds is 4. The van der Waals surface area contributed by atoms with E-state index in [0.29, 0.717) is 10.7 Å². The van der Waals surface area contributed by atoms with E-state index in [-0.39, 0.29) is 12.2 Å². The van der Waals surface area contributed by atoms with Crippen LogP contribution in [0.15, 0.2) is 48.5 Å². The number of amides is 1. The number of alkyl halides is 3. The number of hydrogen-bond acceptors (Lipinski definition) is 2. The number of halogens is 4. The predicted molar refractivity (Wildman–Crippen MR) is 80.0 cm³/mol. The molecule has 0 aliphatic heterocycles.